The number of hydrogen-bond donors (Lipinski definition) is 2. The van der Waals surface area contributed by atoms with Gasteiger partial charge in [0.1, 0.15) is 0 Å². The van der Waals surface area contributed by atoms with Crippen LogP contribution in [0.15, 0.2) is 34.9 Å². The molecule has 1 unspecified atom stereocenters. The molecular weight excluding hydrogens is 298 g/mol. The SMILES string of the molecule is Cc1ncc(-c2ccc(NC(=O)CC3CSCCN3)cc2)o1. The average molecular weight is 317 g/mol. The number of nitrogens with one attached hydrogen (secondary N) is 2. The summed E-state index contributed by atoms with van der Waals surface area (Å²) in [7, 11) is 0. The lowest BCUT2D eigenvalue weighted by Gasteiger charge is -2.22. The van der Waals surface area contributed by atoms with E-state index in [1.54, 1.807) is 6.20 Å². The van der Waals surface area contributed by atoms with Gasteiger partial charge in [0.25, 0.3) is 0 Å². The second-order valence-corrected chi connectivity index (χ2v) is 6.45. The third kappa shape index (κ3) is 3.90. The summed E-state index contributed by atoms with van der Waals surface area (Å²) in [6, 6.07) is 7.88. The molecule has 6 heteroatoms. The van der Waals surface area contributed by atoms with Crippen LogP contribution in [0.1, 0.15) is 12.3 Å². The van der Waals surface area contributed by atoms with Gasteiger partial charge in [-0.2, -0.15) is 11.8 Å². The van der Waals surface area contributed by atoms with Crippen LogP contribution in [0.4, 0.5) is 5.69 Å². The van der Waals surface area contributed by atoms with Gasteiger partial charge in [-0.05, 0) is 24.3 Å². The predicted octanol–water partition coefficient (Wildman–Crippen LogP) is 2.68. The van der Waals surface area contributed by atoms with Crippen molar-refractivity contribution in [3.05, 3.63) is 36.4 Å². The van der Waals surface area contributed by atoms with E-state index < -0.39 is 0 Å². The highest BCUT2D eigenvalue weighted by molar-refractivity contribution is 7.99. The Morgan fingerprint density at radius 1 is 1.45 bits per heavy atom. The molecule has 116 valence electrons. The van der Waals surface area contributed by atoms with Gasteiger partial charge in [-0.1, -0.05) is 0 Å². The van der Waals surface area contributed by atoms with E-state index in [9.17, 15) is 4.79 Å². The van der Waals surface area contributed by atoms with E-state index in [4.69, 9.17) is 4.42 Å². The minimum absolute atomic E-state index is 0.0447. The normalized spacial score (nSPS) is 18.1. The van der Waals surface area contributed by atoms with Crippen LogP contribution in [0, 0.1) is 6.92 Å². The van der Waals surface area contributed by atoms with Gasteiger partial charge in [-0.15, -0.1) is 0 Å². The monoisotopic (exact) mass is 317 g/mol. The van der Waals surface area contributed by atoms with Gasteiger partial charge in [-0.25, -0.2) is 4.98 Å². The second-order valence-electron chi connectivity index (χ2n) is 5.30. The van der Waals surface area contributed by atoms with Crippen LogP contribution >= 0.6 is 11.8 Å². The molecule has 2 N–H and O–H groups in total. The molecule has 0 bridgehead atoms. The van der Waals surface area contributed by atoms with Crippen molar-refractivity contribution in [3.8, 4) is 11.3 Å². The minimum Gasteiger partial charge on any atom is -0.441 e. The van der Waals surface area contributed by atoms with Crippen molar-refractivity contribution in [2.75, 3.05) is 23.4 Å². The number of carbonyl (C=O) groups is 1. The van der Waals surface area contributed by atoms with Crippen molar-refractivity contribution in [2.24, 2.45) is 0 Å². The van der Waals surface area contributed by atoms with E-state index in [1.165, 1.54) is 0 Å². The van der Waals surface area contributed by atoms with Crippen molar-refractivity contribution < 1.29 is 9.21 Å². The largest absolute Gasteiger partial charge is 0.441 e. The van der Waals surface area contributed by atoms with Crippen LogP contribution < -0.4 is 10.6 Å². The molecule has 1 aromatic carbocycles. The van der Waals surface area contributed by atoms with Crippen LogP contribution in [-0.2, 0) is 4.79 Å². The minimum atomic E-state index is 0.0447. The summed E-state index contributed by atoms with van der Waals surface area (Å²) in [6.07, 6.45) is 2.21. The molecule has 1 amide bonds. The van der Waals surface area contributed by atoms with E-state index in [2.05, 4.69) is 15.6 Å². The molecule has 2 heterocycles. The summed E-state index contributed by atoms with van der Waals surface area (Å²) in [5, 5.41) is 6.31. The first kappa shape index (κ1) is 15.1. The van der Waals surface area contributed by atoms with Gasteiger partial charge in [-0.3, -0.25) is 4.79 Å². The van der Waals surface area contributed by atoms with Gasteiger partial charge >= 0.3 is 0 Å². The van der Waals surface area contributed by atoms with Crippen LogP contribution in [0.2, 0.25) is 0 Å². The van der Waals surface area contributed by atoms with Crippen LogP contribution in [0.3, 0.4) is 0 Å². The number of rotatable bonds is 4. The highest BCUT2D eigenvalue weighted by atomic mass is 32.2. The molecule has 1 aromatic heterocycles. The first-order valence-corrected chi connectivity index (χ1v) is 8.50. The maximum absolute atomic E-state index is 12.1. The molecule has 1 aliphatic heterocycles. The van der Waals surface area contributed by atoms with Gasteiger partial charge in [0.15, 0.2) is 11.7 Å². The molecular formula is C16H19N3O2S. The number of thioether (sulfide) groups is 1. The van der Waals surface area contributed by atoms with E-state index >= 15 is 0 Å². The number of oxazole rings is 1. The third-order valence-electron chi connectivity index (χ3n) is 3.50. The summed E-state index contributed by atoms with van der Waals surface area (Å²) in [5.74, 6) is 3.55. The van der Waals surface area contributed by atoms with Gasteiger partial charge in [0, 0.05) is 48.7 Å². The first-order chi connectivity index (χ1) is 10.7. The predicted molar refractivity (Wildman–Crippen MR) is 89.0 cm³/mol. The van der Waals surface area contributed by atoms with E-state index in [1.807, 2.05) is 43.0 Å². The van der Waals surface area contributed by atoms with Crippen LogP contribution in [0.5, 0.6) is 0 Å². The fourth-order valence-electron chi connectivity index (χ4n) is 2.40. The standard InChI is InChI=1S/C16H19N3O2S/c1-11-18-9-15(21-11)12-2-4-13(5-3-12)19-16(20)8-14-10-22-7-6-17-14/h2-5,9,14,17H,6-8,10H2,1H3,(H,19,20). The summed E-state index contributed by atoms with van der Waals surface area (Å²) >= 11 is 1.89. The van der Waals surface area contributed by atoms with E-state index in [0.29, 0.717) is 12.3 Å². The molecule has 3 rings (SSSR count). The summed E-state index contributed by atoms with van der Waals surface area (Å²) in [6.45, 7) is 2.80. The fourth-order valence-corrected chi connectivity index (χ4v) is 3.35. The van der Waals surface area contributed by atoms with Gasteiger partial charge in [0.2, 0.25) is 5.91 Å². The quantitative estimate of drug-likeness (QED) is 0.907. The number of benzene rings is 1. The van der Waals surface area contributed by atoms with Crippen molar-refractivity contribution in [3.63, 3.8) is 0 Å². The summed E-state index contributed by atoms with van der Waals surface area (Å²) < 4.78 is 5.48. The molecule has 0 aliphatic carbocycles. The first-order valence-electron chi connectivity index (χ1n) is 7.34. The Hall–Kier alpha value is -1.79. The summed E-state index contributed by atoms with van der Waals surface area (Å²) in [5.41, 5.74) is 1.75. The number of amides is 1. The molecule has 1 atom stereocenters. The zero-order valence-electron chi connectivity index (χ0n) is 12.5. The number of aryl methyl sites for hydroxylation is 1. The van der Waals surface area contributed by atoms with E-state index in [0.717, 1.165) is 35.1 Å². The fraction of sp³-hybridized carbons (Fsp3) is 0.375. The number of aromatic nitrogens is 1. The molecule has 1 saturated heterocycles. The third-order valence-corrected chi connectivity index (χ3v) is 4.64. The van der Waals surface area contributed by atoms with Gasteiger partial charge in [0.05, 0.1) is 6.20 Å². The Bertz CT molecular complexity index is 633. The number of carbonyl (C=O) groups excluding carboxylic acids is 1. The van der Waals surface area contributed by atoms with Crippen LogP contribution in [0.25, 0.3) is 11.3 Å². The molecule has 0 radical (unpaired) electrons. The van der Waals surface area contributed by atoms with Crippen molar-refractivity contribution in [1.82, 2.24) is 10.3 Å². The summed E-state index contributed by atoms with van der Waals surface area (Å²) in [4.78, 5) is 16.1. The van der Waals surface area contributed by atoms with Crippen LogP contribution in [-0.4, -0.2) is 35.0 Å². The number of nitrogens with zero attached hydrogens (tertiary/aromatic N) is 1. The Balaban J connectivity index is 1.57. The molecule has 2 aromatic rings. The van der Waals surface area contributed by atoms with Crippen molar-refractivity contribution in [1.29, 1.82) is 0 Å². The lowest BCUT2D eigenvalue weighted by Crippen LogP contribution is -2.39. The Labute approximate surface area is 133 Å². The molecule has 1 fully saturated rings. The Morgan fingerprint density at radius 2 is 2.27 bits per heavy atom. The number of anilines is 1. The highest BCUT2D eigenvalue weighted by Crippen LogP contribution is 2.22. The molecule has 0 saturated carbocycles. The molecule has 5 nitrogen and oxygen atoms in total. The van der Waals surface area contributed by atoms with Crippen molar-refractivity contribution >= 4 is 23.4 Å². The smallest absolute Gasteiger partial charge is 0.225 e. The molecule has 0 spiro atoms. The zero-order valence-corrected chi connectivity index (χ0v) is 13.3. The average Bonchev–Trinajstić information content (AvgIpc) is 2.95. The molecule has 1 aliphatic rings. The lowest BCUT2D eigenvalue weighted by atomic mass is 10.1. The van der Waals surface area contributed by atoms with E-state index in [-0.39, 0.29) is 11.9 Å². The zero-order chi connectivity index (χ0) is 15.4. The maximum Gasteiger partial charge on any atom is 0.225 e. The lowest BCUT2D eigenvalue weighted by molar-refractivity contribution is -0.116. The molecule has 22 heavy (non-hydrogen) atoms. The van der Waals surface area contributed by atoms with Crippen molar-refractivity contribution in [2.45, 2.75) is 19.4 Å². The topological polar surface area (TPSA) is 67.2 Å². The second kappa shape index (κ2) is 6.98. The highest BCUT2D eigenvalue weighted by Gasteiger charge is 2.16. The number of hydrogen-bond acceptors (Lipinski definition) is 5. The maximum atomic E-state index is 12.1. The van der Waals surface area contributed by atoms with Gasteiger partial charge < -0.3 is 15.1 Å². The Kier molecular flexibility index (Phi) is 4.80. The Morgan fingerprint density at radius 3 is 2.91 bits per heavy atom.